The Kier molecular flexibility index (Phi) is 7.63. The van der Waals surface area contributed by atoms with Crippen LogP contribution < -0.4 is 5.32 Å². The fourth-order valence-corrected chi connectivity index (χ4v) is 4.96. The van der Waals surface area contributed by atoms with Gasteiger partial charge in [-0.1, -0.05) is 47.6 Å². The number of hydrogen-bond donors (Lipinski definition) is 1. The fraction of sp³-hybridized carbons (Fsp3) is 0.125. The third kappa shape index (κ3) is 5.95. The van der Waals surface area contributed by atoms with Gasteiger partial charge in [-0.15, -0.1) is 28.1 Å². The van der Waals surface area contributed by atoms with E-state index >= 15 is 0 Å². The number of carbonyl (C=O) groups is 1. The van der Waals surface area contributed by atoms with Gasteiger partial charge < -0.3 is 5.32 Å². The van der Waals surface area contributed by atoms with E-state index in [-0.39, 0.29) is 10.7 Å². The van der Waals surface area contributed by atoms with Crippen molar-refractivity contribution in [3.63, 3.8) is 0 Å². The molecule has 0 spiro atoms. The van der Waals surface area contributed by atoms with Crippen molar-refractivity contribution in [1.29, 1.82) is 0 Å². The van der Waals surface area contributed by atoms with Gasteiger partial charge in [0, 0.05) is 17.9 Å². The molecule has 0 radical (unpaired) electrons. The largest absolute Gasteiger partial charge is 0.416 e. The quantitative estimate of drug-likeness (QED) is 0.189. The molecule has 2 heterocycles. The smallest absolute Gasteiger partial charge is 0.321 e. The Balaban J connectivity index is 1.43. The van der Waals surface area contributed by atoms with Crippen molar-refractivity contribution < 1.29 is 18.0 Å². The van der Waals surface area contributed by atoms with E-state index < -0.39 is 17.6 Å². The second-order valence-corrected chi connectivity index (χ2v) is 9.61. The number of anilines is 1. The van der Waals surface area contributed by atoms with Crippen molar-refractivity contribution in [3.05, 3.63) is 94.3 Å². The number of alkyl halides is 3. The summed E-state index contributed by atoms with van der Waals surface area (Å²) >= 11 is 9.05. The first kappa shape index (κ1) is 25.0. The standard InChI is InChI=1S/C24H18ClF3N4OS2/c1-2-11-32-21(20-4-3-12-34-20)30-31-23(32)35-14-15-5-7-16(8-6-15)22(33)29-19-13-17(24(26,27)28)9-10-18(19)25/h2-10,12-13H,1,11,14H2,(H,29,33). The highest BCUT2D eigenvalue weighted by Gasteiger charge is 2.31. The molecule has 1 N–H and O–H groups in total. The maximum Gasteiger partial charge on any atom is 0.416 e. The van der Waals surface area contributed by atoms with Crippen LogP contribution in [0.3, 0.4) is 0 Å². The number of carbonyl (C=O) groups excluding carboxylic acids is 1. The van der Waals surface area contributed by atoms with Crippen molar-refractivity contribution in [2.45, 2.75) is 23.6 Å². The second-order valence-electron chi connectivity index (χ2n) is 7.31. The lowest BCUT2D eigenvalue weighted by Gasteiger charge is -2.12. The van der Waals surface area contributed by atoms with E-state index in [1.165, 1.54) is 11.8 Å². The molecule has 0 unspecified atom stereocenters. The van der Waals surface area contributed by atoms with E-state index in [4.69, 9.17) is 11.6 Å². The Labute approximate surface area is 212 Å². The molecule has 5 nitrogen and oxygen atoms in total. The second kappa shape index (κ2) is 10.7. The van der Waals surface area contributed by atoms with Crippen molar-refractivity contribution in [3.8, 4) is 10.7 Å². The van der Waals surface area contributed by atoms with Gasteiger partial charge in [-0.25, -0.2) is 0 Å². The van der Waals surface area contributed by atoms with Gasteiger partial charge in [0.1, 0.15) is 0 Å². The summed E-state index contributed by atoms with van der Waals surface area (Å²) in [5.74, 6) is 0.806. The minimum atomic E-state index is -4.54. The summed E-state index contributed by atoms with van der Waals surface area (Å²) in [6.45, 7) is 4.38. The molecule has 0 aliphatic rings. The summed E-state index contributed by atoms with van der Waals surface area (Å²) in [5.41, 5.74) is 0.238. The van der Waals surface area contributed by atoms with Crippen LogP contribution in [0, 0.1) is 0 Å². The first-order valence-electron chi connectivity index (χ1n) is 10.2. The Bertz CT molecular complexity index is 1340. The maximum absolute atomic E-state index is 13.0. The molecular formula is C24H18ClF3N4OS2. The van der Waals surface area contributed by atoms with Crippen molar-refractivity contribution >= 4 is 46.3 Å². The summed E-state index contributed by atoms with van der Waals surface area (Å²) < 4.78 is 40.9. The van der Waals surface area contributed by atoms with Gasteiger partial charge >= 0.3 is 6.18 Å². The van der Waals surface area contributed by atoms with Crippen LogP contribution in [-0.4, -0.2) is 20.7 Å². The number of rotatable bonds is 8. The molecule has 0 bridgehead atoms. The van der Waals surface area contributed by atoms with Crippen molar-refractivity contribution in [2.24, 2.45) is 0 Å². The molecule has 11 heteroatoms. The molecule has 2 aromatic carbocycles. The zero-order valence-electron chi connectivity index (χ0n) is 18.1. The number of nitrogens with zero attached hydrogens (tertiary/aromatic N) is 3. The van der Waals surface area contributed by atoms with E-state index in [0.29, 0.717) is 17.9 Å². The molecule has 0 aliphatic carbocycles. The zero-order chi connectivity index (χ0) is 25.0. The minimum absolute atomic E-state index is 0.0184. The number of benzene rings is 2. The van der Waals surface area contributed by atoms with Gasteiger partial charge in [0.2, 0.25) is 0 Å². The molecule has 4 aromatic rings. The Morgan fingerprint density at radius 1 is 1.17 bits per heavy atom. The lowest BCUT2D eigenvalue weighted by atomic mass is 10.1. The van der Waals surface area contributed by atoms with Gasteiger partial charge in [-0.05, 0) is 47.3 Å². The van der Waals surface area contributed by atoms with E-state index in [0.717, 1.165) is 39.6 Å². The molecule has 0 fully saturated rings. The Morgan fingerprint density at radius 3 is 2.60 bits per heavy atom. The summed E-state index contributed by atoms with van der Waals surface area (Å²) in [6, 6.07) is 13.5. The lowest BCUT2D eigenvalue weighted by molar-refractivity contribution is -0.137. The number of amides is 1. The average molecular weight is 535 g/mol. The molecular weight excluding hydrogens is 517 g/mol. The van der Waals surface area contributed by atoms with Crippen LogP contribution in [0.25, 0.3) is 10.7 Å². The number of thiophene rings is 1. The highest BCUT2D eigenvalue weighted by atomic mass is 35.5. The third-order valence-corrected chi connectivity index (χ3v) is 7.13. The van der Waals surface area contributed by atoms with Crippen molar-refractivity contribution in [2.75, 3.05) is 5.32 Å². The fourth-order valence-electron chi connectivity index (χ4n) is 3.17. The highest BCUT2D eigenvalue weighted by molar-refractivity contribution is 7.98. The summed E-state index contributed by atoms with van der Waals surface area (Å²) in [5, 5.41) is 13.8. The average Bonchev–Trinajstić information content (AvgIpc) is 3.49. The van der Waals surface area contributed by atoms with Gasteiger partial charge in [0.25, 0.3) is 5.91 Å². The molecule has 35 heavy (non-hydrogen) atoms. The molecule has 4 rings (SSSR count). The molecule has 0 atom stereocenters. The van der Waals surface area contributed by atoms with Crippen molar-refractivity contribution in [1.82, 2.24) is 14.8 Å². The van der Waals surface area contributed by atoms with Gasteiger partial charge in [-0.2, -0.15) is 13.2 Å². The predicted octanol–water partition coefficient (Wildman–Crippen LogP) is 7.41. The van der Waals surface area contributed by atoms with Gasteiger partial charge in [-0.3, -0.25) is 9.36 Å². The first-order valence-corrected chi connectivity index (χ1v) is 12.5. The van der Waals surface area contributed by atoms with E-state index in [1.54, 1.807) is 41.7 Å². The molecule has 0 saturated heterocycles. The molecule has 1 amide bonds. The van der Waals surface area contributed by atoms with Gasteiger partial charge in [0.05, 0.1) is 21.2 Å². The number of halogens is 4. The minimum Gasteiger partial charge on any atom is -0.321 e. The molecule has 2 aromatic heterocycles. The number of aromatic nitrogens is 3. The maximum atomic E-state index is 13.0. The summed E-state index contributed by atoms with van der Waals surface area (Å²) in [7, 11) is 0. The van der Waals surface area contributed by atoms with Gasteiger partial charge in [0.15, 0.2) is 11.0 Å². The summed E-state index contributed by atoms with van der Waals surface area (Å²) in [4.78, 5) is 13.6. The Hall–Kier alpha value is -3.08. The van der Waals surface area contributed by atoms with E-state index in [1.807, 2.05) is 22.1 Å². The normalized spacial score (nSPS) is 11.4. The highest BCUT2D eigenvalue weighted by Crippen LogP contribution is 2.34. The number of thioether (sulfide) groups is 1. The van der Waals surface area contributed by atoms with Crippen LogP contribution in [-0.2, 0) is 18.5 Å². The van der Waals surface area contributed by atoms with Crippen LogP contribution in [0.15, 0.2) is 77.8 Å². The number of nitrogens with one attached hydrogen (secondary N) is 1. The number of hydrogen-bond acceptors (Lipinski definition) is 5. The third-order valence-electron chi connectivity index (χ3n) is 4.90. The van der Waals surface area contributed by atoms with E-state index in [9.17, 15) is 18.0 Å². The summed E-state index contributed by atoms with van der Waals surface area (Å²) in [6.07, 6.45) is -2.75. The molecule has 0 saturated carbocycles. The first-order chi connectivity index (χ1) is 16.8. The molecule has 0 aliphatic heterocycles. The lowest BCUT2D eigenvalue weighted by Crippen LogP contribution is -2.13. The van der Waals surface area contributed by atoms with Crippen LogP contribution >= 0.6 is 34.7 Å². The molecule has 180 valence electrons. The van der Waals surface area contributed by atoms with Crippen LogP contribution in [0.5, 0.6) is 0 Å². The van der Waals surface area contributed by atoms with Crippen LogP contribution in [0.1, 0.15) is 21.5 Å². The number of allylic oxidation sites excluding steroid dienone is 1. The topological polar surface area (TPSA) is 59.8 Å². The SMILES string of the molecule is C=CCn1c(SCc2ccc(C(=O)Nc3cc(C(F)(F)F)ccc3Cl)cc2)nnc1-c1cccs1. The monoisotopic (exact) mass is 534 g/mol. The van der Waals surface area contributed by atoms with E-state index in [2.05, 4.69) is 22.1 Å². The van der Waals surface area contributed by atoms with Crippen LogP contribution in [0.2, 0.25) is 5.02 Å². The zero-order valence-corrected chi connectivity index (χ0v) is 20.4. The predicted molar refractivity (Wildman–Crippen MR) is 134 cm³/mol. The van der Waals surface area contributed by atoms with Crippen LogP contribution in [0.4, 0.5) is 18.9 Å². The Morgan fingerprint density at radius 2 is 1.94 bits per heavy atom.